The standard InChI is InChI=1S/C10H10Cl2O3/c11-7-1-2-9(13)6(3-7)4-8(12)5-10(14)15/h1-3,8,13H,4-5H2,(H,14,15). The largest absolute Gasteiger partial charge is 0.508 e. The summed E-state index contributed by atoms with van der Waals surface area (Å²) >= 11 is 11.5. The number of carboxylic acid groups (broad SMARTS) is 1. The maximum Gasteiger partial charge on any atom is 0.304 e. The molecule has 0 aliphatic carbocycles. The van der Waals surface area contributed by atoms with Gasteiger partial charge in [0.1, 0.15) is 5.75 Å². The summed E-state index contributed by atoms with van der Waals surface area (Å²) in [5.41, 5.74) is 0.559. The van der Waals surface area contributed by atoms with Crippen LogP contribution in [0.1, 0.15) is 12.0 Å². The molecule has 0 aromatic heterocycles. The SMILES string of the molecule is O=C(O)CC(Cl)Cc1cc(Cl)ccc1O. The highest BCUT2D eigenvalue weighted by molar-refractivity contribution is 6.30. The van der Waals surface area contributed by atoms with Crippen LogP contribution in [-0.2, 0) is 11.2 Å². The van der Waals surface area contributed by atoms with E-state index in [1.54, 1.807) is 12.1 Å². The van der Waals surface area contributed by atoms with Gasteiger partial charge in [-0.1, -0.05) is 11.6 Å². The molecule has 1 aromatic rings. The smallest absolute Gasteiger partial charge is 0.304 e. The van der Waals surface area contributed by atoms with Crippen LogP contribution in [0.25, 0.3) is 0 Å². The predicted octanol–water partition coefficient (Wildman–Crippen LogP) is 2.67. The average molecular weight is 249 g/mol. The highest BCUT2D eigenvalue weighted by atomic mass is 35.5. The molecule has 15 heavy (non-hydrogen) atoms. The summed E-state index contributed by atoms with van der Waals surface area (Å²) in [5, 5.41) is 17.9. The Hall–Kier alpha value is -0.930. The van der Waals surface area contributed by atoms with Gasteiger partial charge in [-0.2, -0.15) is 0 Å². The Labute approximate surface area is 97.2 Å². The molecule has 2 N–H and O–H groups in total. The number of rotatable bonds is 4. The van der Waals surface area contributed by atoms with Crippen molar-refractivity contribution in [3.63, 3.8) is 0 Å². The Balaban J connectivity index is 2.71. The first kappa shape index (κ1) is 12.1. The van der Waals surface area contributed by atoms with E-state index in [0.29, 0.717) is 10.6 Å². The molecule has 0 saturated heterocycles. The van der Waals surface area contributed by atoms with Gasteiger partial charge in [-0.3, -0.25) is 4.79 Å². The van der Waals surface area contributed by atoms with E-state index in [-0.39, 0.29) is 18.6 Å². The third-order valence-electron chi connectivity index (χ3n) is 1.88. The summed E-state index contributed by atoms with van der Waals surface area (Å²) in [6, 6.07) is 4.59. The summed E-state index contributed by atoms with van der Waals surface area (Å²) in [6.45, 7) is 0. The van der Waals surface area contributed by atoms with Crippen LogP contribution in [0.5, 0.6) is 5.75 Å². The monoisotopic (exact) mass is 248 g/mol. The number of hydrogen-bond donors (Lipinski definition) is 2. The molecule has 1 unspecified atom stereocenters. The van der Waals surface area contributed by atoms with Gasteiger partial charge < -0.3 is 10.2 Å². The Bertz CT molecular complexity index is 366. The third kappa shape index (κ3) is 3.98. The molecule has 0 heterocycles. The molecule has 82 valence electrons. The van der Waals surface area contributed by atoms with Gasteiger partial charge in [-0.25, -0.2) is 0 Å². The zero-order valence-corrected chi connectivity index (χ0v) is 9.29. The number of phenols is 1. The van der Waals surface area contributed by atoms with Crippen molar-refractivity contribution in [2.75, 3.05) is 0 Å². The molecule has 0 saturated carbocycles. The normalized spacial score (nSPS) is 12.4. The predicted molar refractivity (Wildman–Crippen MR) is 58.7 cm³/mol. The Morgan fingerprint density at radius 3 is 2.73 bits per heavy atom. The van der Waals surface area contributed by atoms with Crippen molar-refractivity contribution in [3.05, 3.63) is 28.8 Å². The van der Waals surface area contributed by atoms with Crippen LogP contribution in [0.15, 0.2) is 18.2 Å². The van der Waals surface area contributed by atoms with Crippen LogP contribution in [0, 0.1) is 0 Å². The number of carboxylic acids is 1. The minimum absolute atomic E-state index is 0.0791. The highest BCUT2D eigenvalue weighted by Gasteiger charge is 2.13. The number of benzene rings is 1. The second-order valence-corrected chi connectivity index (χ2v) is 4.23. The van der Waals surface area contributed by atoms with Gasteiger partial charge in [0.15, 0.2) is 0 Å². The van der Waals surface area contributed by atoms with E-state index in [1.807, 2.05) is 0 Å². The first-order chi connectivity index (χ1) is 6.99. The molecule has 0 aliphatic rings. The first-order valence-electron chi connectivity index (χ1n) is 4.32. The summed E-state index contributed by atoms with van der Waals surface area (Å²) in [5.74, 6) is -0.882. The Morgan fingerprint density at radius 2 is 2.13 bits per heavy atom. The maximum absolute atomic E-state index is 10.4. The van der Waals surface area contributed by atoms with E-state index in [0.717, 1.165) is 0 Å². The quantitative estimate of drug-likeness (QED) is 0.806. The van der Waals surface area contributed by atoms with Crippen molar-refractivity contribution in [2.45, 2.75) is 18.2 Å². The fourth-order valence-electron chi connectivity index (χ4n) is 1.22. The molecular weight excluding hydrogens is 239 g/mol. The molecule has 0 bridgehead atoms. The van der Waals surface area contributed by atoms with E-state index < -0.39 is 11.3 Å². The fraction of sp³-hybridized carbons (Fsp3) is 0.300. The van der Waals surface area contributed by atoms with Crippen molar-refractivity contribution in [1.29, 1.82) is 0 Å². The minimum Gasteiger partial charge on any atom is -0.508 e. The molecule has 1 atom stereocenters. The van der Waals surface area contributed by atoms with Gasteiger partial charge in [-0.15, -0.1) is 11.6 Å². The number of carbonyl (C=O) groups is 1. The van der Waals surface area contributed by atoms with E-state index in [9.17, 15) is 9.90 Å². The van der Waals surface area contributed by atoms with Crippen molar-refractivity contribution in [1.82, 2.24) is 0 Å². The molecule has 1 aromatic carbocycles. The molecule has 0 spiro atoms. The molecule has 1 rings (SSSR count). The van der Waals surface area contributed by atoms with Crippen LogP contribution in [0.4, 0.5) is 0 Å². The van der Waals surface area contributed by atoms with Gasteiger partial charge in [0.05, 0.1) is 6.42 Å². The second-order valence-electron chi connectivity index (χ2n) is 3.17. The Morgan fingerprint density at radius 1 is 1.47 bits per heavy atom. The molecule has 5 heteroatoms. The lowest BCUT2D eigenvalue weighted by atomic mass is 10.1. The number of halogens is 2. The number of phenolic OH excluding ortho intramolecular Hbond substituents is 1. The van der Waals surface area contributed by atoms with E-state index in [1.165, 1.54) is 6.07 Å². The highest BCUT2D eigenvalue weighted by Crippen LogP contribution is 2.24. The minimum atomic E-state index is -0.962. The molecule has 0 radical (unpaired) electrons. The van der Waals surface area contributed by atoms with Crippen LogP contribution in [0.3, 0.4) is 0 Å². The first-order valence-corrected chi connectivity index (χ1v) is 5.13. The molecular formula is C10H10Cl2O3. The molecule has 3 nitrogen and oxygen atoms in total. The van der Waals surface area contributed by atoms with Crippen LogP contribution < -0.4 is 0 Å². The summed E-state index contributed by atoms with van der Waals surface area (Å²) in [7, 11) is 0. The number of aromatic hydroxyl groups is 1. The fourth-order valence-corrected chi connectivity index (χ4v) is 1.71. The molecule has 0 fully saturated rings. The van der Waals surface area contributed by atoms with E-state index in [4.69, 9.17) is 28.3 Å². The van der Waals surface area contributed by atoms with Gasteiger partial charge in [0.2, 0.25) is 0 Å². The van der Waals surface area contributed by atoms with E-state index in [2.05, 4.69) is 0 Å². The van der Waals surface area contributed by atoms with E-state index >= 15 is 0 Å². The van der Waals surface area contributed by atoms with Crippen molar-refractivity contribution < 1.29 is 15.0 Å². The molecule has 0 amide bonds. The lowest BCUT2D eigenvalue weighted by Gasteiger charge is -2.08. The van der Waals surface area contributed by atoms with Crippen molar-refractivity contribution >= 4 is 29.2 Å². The van der Waals surface area contributed by atoms with Gasteiger partial charge in [0.25, 0.3) is 0 Å². The van der Waals surface area contributed by atoms with Gasteiger partial charge >= 0.3 is 5.97 Å². The third-order valence-corrected chi connectivity index (χ3v) is 2.42. The number of aliphatic carboxylic acids is 1. The zero-order chi connectivity index (χ0) is 11.4. The average Bonchev–Trinajstić information content (AvgIpc) is 2.10. The second kappa shape index (κ2) is 5.24. The summed E-state index contributed by atoms with van der Waals surface area (Å²) < 4.78 is 0. The molecule has 0 aliphatic heterocycles. The van der Waals surface area contributed by atoms with Gasteiger partial charge in [0, 0.05) is 10.4 Å². The van der Waals surface area contributed by atoms with Crippen molar-refractivity contribution in [3.8, 4) is 5.75 Å². The summed E-state index contributed by atoms with van der Waals surface area (Å²) in [4.78, 5) is 10.4. The lowest BCUT2D eigenvalue weighted by Crippen LogP contribution is -2.10. The topological polar surface area (TPSA) is 57.5 Å². The zero-order valence-electron chi connectivity index (χ0n) is 7.78. The number of hydrogen-bond acceptors (Lipinski definition) is 2. The summed E-state index contributed by atoms with van der Waals surface area (Å²) in [6.07, 6.45) is 0.133. The van der Waals surface area contributed by atoms with Crippen LogP contribution in [0.2, 0.25) is 5.02 Å². The van der Waals surface area contributed by atoms with Crippen molar-refractivity contribution in [2.24, 2.45) is 0 Å². The van der Waals surface area contributed by atoms with Crippen LogP contribution in [-0.4, -0.2) is 21.6 Å². The Kier molecular flexibility index (Phi) is 4.24. The maximum atomic E-state index is 10.4. The van der Waals surface area contributed by atoms with Gasteiger partial charge in [-0.05, 0) is 30.2 Å². The van der Waals surface area contributed by atoms with Crippen LogP contribution >= 0.6 is 23.2 Å². The lowest BCUT2D eigenvalue weighted by molar-refractivity contribution is -0.137. The number of alkyl halides is 1.